The lowest BCUT2D eigenvalue weighted by molar-refractivity contribution is -0.117. The molecular formula is C13H17BrO. The van der Waals surface area contributed by atoms with Gasteiger partial charge >= 0.3 is 0 Å². The zero-order valence-corrected chi connectivity index (χ0v) is 11.1. The lowest BCUT2D eigenvalue weighted by atomic mass is 10.0. The lowest BCUT2D eigenvalue weighted by Gasteiger charge is -2.08. The van der Waals surface area contributed by atoms with Gasteiger partial charge in [0.05, 0.1) is 0 Å². The van der Waals surface area contributed by atoms with Gasteiger partial charge in [0.1, 0.15) is 5.78 Å². The van der Waals surface area contributed by atoms with Crippen LogP contribution in [-0.4, -0.2) is 5.78 Å². The molecule has 0 radical (unpaired) electrons. The summed E-state index contributed by atoms with van der Waals surface area (Å²) >= 11 is 3.56. The Morgan fingerprint density at radius 3 is 2.47 bits per heavy atom. The largest absolute Gasteiger partial charge is 0.300 e. The van der Waals surface area contributed by atoms with E-state index >= 15 is 0 Å². The molecule has 0 saturated carbocycles. The number of carbonyl (C=O) groups is 1. The van der Waals surface area contributed by atoms with Gasteiger partial charge in [-0.15, -0.1) is 0 Å². The van der Waals surface area contributed by atoms with E-state index in [-0.39, 0.29) is 5.78 Å². The average Bonchev–Trinajstić information content (AvgIpc) is 2.13. The maximum absolute atomic E-state index is 10.8. The molecule has 0 heterocycles. The monoisotopic (exact) mass is 268 g/mol. The van der Waals surface area contributed by atoms with Crippen LogP contribution in [0, 0.1) is 13.8 Å². The van der Waals surface area contributed by atoms with Gasteiger partial charge in [-0.25, -0.2) is 0 Å². The standard InChI is InChI=1S/C13H17BrO/c1-9-7-12(6-4-5-11(3)15)13(14)8-10(9)2/h7-8H,4-6H2,1-3H3. The summed E-state index contributed by atoms with van der Waals surface area (Å²) in [6, 6.07) is 4.36. The van der Waals surface area contributed by atoms with Gasteiger partial charge in [0.2, 0.25) is 0 Å². The van der Waals surface area contributed by atoms with Gasteiger partial charge in [0, 0.05) is 10.9 Å². The van der Waals surface area contributed by atoms with Crippen molar-refractivity contribution in [3.63, 3.8) is 0 Å². The SMILES string of the molecule is CC(=O)CCCc1cc(C)c(C)cc1Br. The predicted octanol–water partition coefficient (Wildman–Crippen LogP) is 3.98. The first kappa shape index (κ1) is 12.4. The van der Waals surface area contributed by atoms with Crippen LogP contribution in [0.3, 0.4) is 0 Å². The predicted molar refractivity (Wildman–Crippen MR) is 67.2 cm³/mol. The van der Waals surface area contributed by atoms with Crippen molar-refractivity contribution in [1.29, 1.82) is 0 Å². The van der Waals surface area contributed by atoms with Gasteiger partial charge in [-0.2, -0.15) is 0 Å². The number of ketones is 1. The van der Waals surface area contributed by atoms with Crippen LogP contribution in [0.15, 0.2) is 16.6 Å². The Labute approximate surface area is 100 Å². The molecule has 0 aliphatic rings. The summed E-state index contributed by atoms with van der Waals surface area (Å²) in [6.45, 7) is 5.88. The van der Waals surface area contributed by atoms with E-state index in [4.69, 9.17) is 0 Å². The Morgan fingerprint density at radius 1 is 1.27 bits per heavy atom. The van der Waals surface area contributed by atoms with Crippen LogP contribution in [0.5, 0.6) is 0 Å². The van der Waals surface area contributed by atoms with E-state index in [2.05, 4.69) is 41.9 Å². The zero-order valence-electron chi connectivity index (χ0n) is 9.56. The molecule has 0 N–H and O–H groups in total. The van der Waals surface area contributed by atoms with E-state index in [0.29, 0.717) is 6.42 Å². The van der Waals surface area contributed by atoms with Crippen molar-refractivity contribution >= 4 is 21.7 Å². The molecule has 0 aliphatic heterocycles. The molecule has 82 valence electrons. The molecule has 0 amide bonds. The van der Waals surface area contributed by atoms with Crippen molar-refractivity contribution in [2.75, 3.05) is 0 Å². The second-order valence-electron chi connectivity index (χ2n) is 4.08. The highest BCUT2D eigenvalue weighted by Gasteiger charge is 2.03. The maximum atomic E-state index is 10.8. The van der Waals surface area contributed by atoms with Gasteiger partial charge in [0.15, 0.2) is 0 Å². The highest BCUT2D eigenvalue weighted by Crippen LogP contribution is 2.23. The Morgan fingerprint density at radius 2 is 1.87 bits per heavy atom. The van der Waals surface area contributed by atoms with Crippen LogP contribution < -0.4 is 0 Å². The first-order chi connectivity index (χ1) is 7.00. The van der Waals surface area contributed by atoms with Gasteiger partial charge in [-0.3, -0.25) is 0 Å². The molecule has 0 bridgehead atoms. The molecule has 0 atom stereocenters. The van der Waals surface area contributed by atoms with Gasteiger partial charge in [-0.05, 0) is 56.4 Å². The Kier molecular flexibility index (Phi) is 4.52. The van der Waals surface area contributed by atoms with Crippen molar-refractivity contribution in [1.82, 2.24) is 0 Å². The van der Waals surface area contributed by atoms with Crippen LogP contribution in [0.4, 0.5) is 0 Å². The number of halogens is 1. The van der Waals surface area contributed by atoms with Crippen LogP contribution in [-0.2, 0) is 11.2 Å². The third-order valence-corrected chi connectivity index (χ3v) is 3.38. The second kappa shape index (κ2) is 5.45. The summed E-state index contributed by atoms with van der Waals surface area (Å²) in [7, 11) is 0. The number of aryl methyl sites for hydroxylation is 3. The van der Waals surface area contributed by atoms with Gasteiger partial charge in [0.25, 0.3) is 0 Å². The summed E-state index contributed by atoms with van der Waals surface area (Å²) in [4.78, 5) is 10.8. The highest BCUT2D eigenvalue weighted by atomic mass is 79.9. The summed E-state index contributed by atoms with van der Waals surface area (Å²) < 4.78 is 1.16. The van der Waals surface area contributed by atoms with E-state index in [1.54, 1.807) is 6.92 Å². The number of carbonyl (C=O) groups excluding carboxylic acids is 1. The van der Waals surface area contributed by atoms with Gasteiger partial charge < -0.3 is 4.79 Å². The fourth-order valence-electron chi connectivity index (χ4n) is 1.56. The quantitative estimate of drug-likeness (QED) is 0.808. The zero-order chi connectivity index (χ0) is 11.4. The van der Waals surface area contributed by atoms with Crippen molar-refractivity contribution < 1.29 is 4.79 Å². The fourth-order valence-corrected chi connectivity index (χ4v) is 2.22. The first-order valence-electron chi connectivity index (χ1n) is 5.25. The van der Waals surface area contributed by atoms with E-state index in [9.17, 15) is 4.79 Å². The Hall–Kier alpha value is -0.630. The minimum absolute atomic E-state index is 0.273. The average molecular weight is 269 g/mol. The third kappa shape index (κ3) is 3.78. The van der Waals surface area contributed by atoms with E-state index < -0.39 is 0 Å². The van der Waals surface area contributed by atoms with Crippen LogP contribution >= 0.6 is 15.9 Å². The molecule has 0 aromatic heterocycles. The molecule has 0 spiro atoms. The lowest BCUT2D eigenvalue weighted by Crippen LogP contribution is -1.95. The van der Waals surface area contributed by atoms with Crippen molar-refractivity contribution in [3.8, 4) is 0 Å². The van der Waals surface area contributed by atoms with Crippen LogP contribution in [0.25, 0.3) is 0 Å². The first-order valence-corrected chi connectivity index (χ1v) is 6.05. The van der Waals surface area contributed by atoms with E-state index in [0.717, 1.165) is 17.3 Å². The van der Waals surface area contributed by atoms with Crippen molar-refractivity contribution in [2.24, 2.45) is 0 Å². The summed E-state index contributed by atoms with van der Waals surface area (Å²) in [5, 5.41) is 0. The normalized spacial score (nSPS) is 10.4. The molecule has 0 saturated heterocycles. The number of rotatable bonds is 4. The number of hydrogen-bond acceptors (Lipinski definition) is 1. The van der Waals surface area contributed by atoms with E-state index in [1.807, 2.05) is 0 Å². The molecule has 1 nitrogen and oxygen atoms in total. The van der Waals surface area contributed by atoms with Crippen molar-refractivity contribution in [2.45, 2.75) is 40.0 Å². The summed E-state index contributed by atoms with van der Waals surface area (Å²) in [5.74, 6) is 0.273. The summed E-state index contributed by atoms with van der Waals surface area (Å²) in [5.41, 5.74) is 3.92. The van der Waals surface area contributed by atoms with Crippen LogP contribution in [0.1, 0.15) is 36.5 Å². The molecule has 15 heavy (non-hydrogen) atoms. The number of benzene rings is 1. The minimum Gasteiger partial charge on any atom is -0.300 e. The van der Waals surface area contributed by atoms with E-state index in [1.165, 1.54) is 16.7 Å². The van der Waals surface area contributed by atoms with Crippen LogP contribution in [0.2, 0.25) is 0 Å². The molecule has 0 aliphatic carbocycles. The van der Waals surface area contributed by atoms with Crippen molar-refractivity contribution in [3.05, 3.63) is 33.3 Å². The molecule has 1 rings (SSSR count). The molecular weight excluding hydrogens is 252 g/mol. The Balaban J connectivity index is 2.69. The molecule has 1 aromatic carbocycles. The number of hydrogen-bond donors (Lipinski definition) is 0. The Bertz CT molecular complexity index is 369. The molecule has 0 unspecified atom stereocenters. The maximum Gasteiger partial charge on any atom is 0.129 e. The smallest absolute Gasteiger partial charge is 0.129 e. The molecule has 2 heteroatoms. The highest BCUT2D eigenvalue weighted by molar-refractivity contribution is 9.10. The minimum atomic E-state index is 0.273. The number of Topliss-reactive ketones (excluding diaryl/α,β-unsaturated/α-hetero) is 1. The third-order valence-electron chi connectivity index (χ3n) is 2.64. The fraction of sp³-hybridized carbons (Fsp3) is 0.462. The van der Waals surface area contributed by atoms with Gasteiger partial charge in [-0.1, -0.05) is 22.0 Å². The molecule has 0 fully saturated rings. The summed E-state index contributed by atoms with van der Waals surface area (Å²) in [6.07, 6.45) is 2.59. The molecule has 1 aromatic rings. The second-order valence-corrected chi connectivity index (χ2v) is 4.94. The topological polar surface area (TPSA) is 17.1 Å².